The van der Waals surface area contributed by atoms with E-state index in [1.165, 1.54) is 43.6 Å². The first-order valence-electron chi connectivity index (χ1n) is 9.55. The van der Waals surface area contributed by atoms with Crippen molar-refractivity contribution in [3.63, 3.8) is 0 Å². The number of carboxylic acids is 2. The fourth-order valence-electron chi connectivity index (χ4n) is 2.74. The molecule has 0 bridgehead atoms. The van der Waals surface area contributed by atoms with Gasteiger partial charge in [-0.2, -0.15) is 0 Å². The molecule has 4 N–H and O–H groups in total. The molecule has 1 unspecified atom stereocenters. The molecule has 0 saturated heterocycles. The van der Waals surface area contributed by atoms with Gasteiger partial charge in [0.25, 0.3) is 0 Å². The number of aliphatic carboxylic acids is 2. The molecular weight excluding hydrogens is 406 g/mol. The summed E-state index contributed by atoms with van der Waals surface area (Å²) in [7, 11) is 0. The molecule has 1 atom stereocenters. The highest BCUT2D eigenvalue weighted by atomic mass is 35.5. The number of aromatic amines is 1. The van der Waals surface area contributed by atoms with Gasteiger partial charge in [0.1, 0.15) is 0 Å². The maximum atomic E-state index is 10.8. The van der Waals surface area contributed by atoms with Gasteiger partial charge < -0.3 is 20.5 Å². The lowest BCUT2D eigenvalue weighted by Crippen LogP contribution is -2.28. The molecule has 0 radical (unpaired) electrons. The average Bonchev–Trinajstić information content (AvgIpc) is 3.18. The topological polar surface area (TPSA) is 115 Å². The summed E-state index contributed by atoms with van der Waals surface area (Å²) >= 11 is 0. The SMILES string of the molecule is CC1(C(=O)O)C=CC=C(C(=O)O)C1.CCCCNc1ncc(-c2ccccc2)[nH]1.Cl. The van der Waals surface area contributed by atoms with E-state index in [2.05, 4.69) is 34.3 Å². The third-order valence-electron chi connectivity index (χ3n) is 4.57. The number of anilines is 1. The number of aromatic nitrogens is 2. The van der Waals surface area contributed by atoms with E-state index in [-0.39, 0.29) is 24.4 Å². The molecule has 1 aliphatic rings. The summed E-state index contributed by atoms with van der Waals surface area (Å²) in [6.07, 6.45) is 8.66. The first kappa shape index (κ1) is 25.0. The van der Waals surface area contributed by atoms with E-state index in [0.29, 0.717) is 0 Å². The minimum Gasteiger partial charge on any atom is -0.481 e. The Morgan fingerprint density at radius 1 is 1.23 bits per heavy atom. The molecule has 0 aliphatic heterocycles. The first-order chi connectivity index (χ1) is 13.9. The Kier molecular flexibility index (Phi) is 9.84. The Morgan fingerprint density at radius 2 is 1.93 bits per heavy atom. The van der Waals surface area contributed by atoms with Gasteiger partial charge in [0.15, 0.2) is 0 Å². The maximum Gasteiger partial charge on any atom is 0.331 e. The van der Waals surface area contributed by atoms with Crippen molar-refractivity contribution >= 4 is 30.3 Å². The van der Waals surface area contributed by atoms with Crippen molar-refractivity contribution in [2.45, 2.75) is 33.1 Å². The highest BCUT2D eigenvalue weighted by Gasteiger charge is 2.34. The molecule has 0 saturated carbocycles. The van der Waals surface area contributed by atoms with E-state index in [9.17, 15) is 9.59 Å². The Balaban J connectivity index is 0.000000297. The summed E-state index contributed by atoms with van der Waals surface area (Å²) in [5.74, 6) is -1.21. The van der Waals surface area contributed by atoms with Gasteiger partial charge in [-0.05, 0) is 25.3 Å². The molecule has 1 heterocycles. The molecule has 30 heavy (non-hydrogen) atoms. The summed E-state index contributed by atoms with van der Waals surface area (Å²) < 4.78 is 0. The van der Waals surface area contributed by atoms with Crippen molar-refractivity contribution < 1.29 is 19.8 Å². The molecule has 0 fully saturated rings. The normalized spacial score (nSPS) is 17.1. The molecule has 0 spiro atoms. The van der Waals surface area contributed by atoms with Gasteiger partial charge in [0.05, 0.1) is 17.3 Å². The average molecular weight is 434 g/mol. The van der Waals surface area contributed by atoms with Crippen molar-refractivity contribution in [2.75, 3.05) is 11.9 Å². The van der Waals surface area contributed by atoms with Crippen molar-refractivity contribution in [1.82, 2.24) is 9.97 Å². The minimum absolute atomic E-state index is 0. The van der Waals surface area contributed by atoms with Crippen LogP contribution in [0.25, 0.3) is 11.3 Å². The van der Waals surface area contributed by atoms with Crippen molar-refractivity contribution in [2.24, 2.45) is 5.41 Å². The number of carboxylic acid groups (broad SMARTS) is 2. The number of allylic oxidation sites excluding steroid dienone is 2. The van der Waals surface area contributed by atoms with Crippen LogP contribution < -0.4 is 5.32 Å². The van der Waals surface area contributed by atoms with Crippen molar-refractivity contribution in [3.8, 4) is 11.3 Å². The van der Waals surface area contributed by atoms with E-state index in [0.717, 1.165) is 18.2 Å². The number of H-pyrrole nitrogens is 1. The monoisotopic (exact) mass is 433 g/mol. The summed E-state index contributed by atoms with van der Waals surface area (Å²) in [5, 5.41) is 20.8. The second kappa shape index (κ2) is 11.8. The molecule has 7 nitrogen and oxygen atoms in total. The maximum absolute atomic E-state index is 10.8. The number of imidazole rings is 1. The lowest BCUT2D eigenvalue weighted by Gasteiger charge is -2.23. The molecule has 1 aromatic carbocycles. The van der Waals surface area contributed by atoms with Crippen LogP contribution in [0.5, 0.6) is 0 Å². The molecule has 1 aromatic heterocycles. The van der Waals surface area contributed by atoms with Crippen LogP contribution in [0.4, 0.5) is 5.95 Å². The van der Waals surface area contributed by atoms with Gasteiger partial charge >= 0.3 is 11.9 Å². The van der Waals surface area contributed by atoms with Crippen LogP contribution in [0.1, 0.15) is 33.1 Å². The highest BCUT2D eigenvalue weighted by Crippen LogP contribution is 2.31. The van der Waals surface area contributed by atoms with Crippen LogP contribution in [0.15, 0.2) is 60.3 Å². The van der Waals surface area contributed by atoms with Gasteiger partial charge in [-0.1, -0.05) is 61.9 Å². The van der Waals surface area contributed by atoms with E-state index in [1.807, 2.05) is 24.4 Å². The number of nitrogens with one attached hydrogen (secondary N) is 2. The number of halogens is 1. The largest absolute Gasteiger partial charge is 0.481 e. The zero-order valence-electron chi connectivity index (χ0n) is 17.1. The Hall–Kier alpha value is -3.06. The molecule has 2 aromatic rings. The van der Waals surface area contributed by atoms with Gasteiger partial charge in [0, 0.05) is 12.1 Å². The lowest BCUT2D eigenvalue weighted by molar-refractivity contribution is -0.145. The Labute approximate surface area is 182 Å². The van der Waals surface area contributed by atoms with Crippen LogP contribution in [0, 0.1) is 5.41 Å². The predicted octanol–water partition coefficient (Wildman–Crippen LogP) is 4.76. The van der Waals surface area contributed by atoms with Crippen molar-refractivity contribution in [3.05, 3.63) is 60.3 Å². The first-order valence-corrected chi connectivity index (χ1v) is 9.55. The standard InChI is InChI=1S/C13H17N3.C9H10O4.ClH/c1-2-3-9-14-13-15-10-12(16-13)11-7-5-4-6-8-11;1-9(8(12)13)4-2-3-6(5-9)7(10)11;/h4-8,10H,2-3,9H2,1H3,(H2,14,15,16);2-4H,5H2,1H3,(H,10,11)(H,12,13);1H. The predicted molar refractivity (Wildman–Crippen MR) is 120 cm³/mol. The van der Waals surface area contributed by atoms with Crippen molar-refractivity contribution in [1.29, 1.82) is 0 Å². The fraction of sp³-hybridized carbons (Fsp3) is 0.318. The summed E-state index contributed by atoms with van der Waals surface area (Å²) in [6.45, 7) is 4.65. The molecule has 3 rings (SSSR count). The Morgan fingerprint density at radius 3 is 2.53 bits per heavy atom. The summed E-state index contributed by atoms with van der Waals surface area (Å²) in [5.41, 5.74) is 1.27. The second-order valence-corrected chi connectivity index (χ2v) is 7.05. The number of carbonyl (C=O) groups is 2. The fourth-order valence-corrected chi connectivity index (χ4v) is 2.74. The quantitative estimate of drug-likeness (QED) is 0.468. The summed E-state index contributed by atoms with van der Waals surface area (Å²) in [6, 6.07) is 10.2. The molecular formula is C22H28ClN3O4. The van der Waals surface area contributed by atoms with E-state index >= 15 is 0 Å². The molecule has 8 heteroatoms. The van der Waals surface area contributed by atoms with Crippen LogP contribution in [-0.2, 0) is 9.59 Å². The van der Waals surface area contributed by atoms with Crippen LogP contribution >= 0.6 is 12.4 Å². The van der Waals surface area contributed by atoms with Gasteiger partial charge in [0.2, 0.25) is 5.95 Å². The van der Waals surface area contributed by atoms with Crippen LogP contribution in [0.3, 0.4) is 0 Å². The zero-order valence-corrected chi connectivity index (χ0v) is 17.9. The van der Waals surface area contributed by atoms with Crippen LogP contribution in [-0.4, -0.2) is 38.7 Å². The molecule has 1 aliphatic carbocycles. The van der Waals surface area contributed by atoms with E-state index in [1.54, 1.807) is 0 Å². The lowest BCUT2D eigenvalue weighted by atomic mass is 9.80. The van der Waals surface area contributed by atoms with E-state index < -0.39 is 17.4 Å². The number of nitrogens with zero attached hydrogens (tertiary/aromatic N) is 1. The molecule has 162 valence electrons. The Bertz CT molecular complexity index is 893. The minimum atomic E-state index is -1.08. The number of hydrogen-bond donors (Lipinski definition) is 4. The highest BCUT2D eigenvalue weighted by molar-refractivity contribution is 5.90. The van der Waals surface area contributed by atoms with Gasteiger partial charge in [-0.15, -0.1) is 12.4 Å². The van der Waals surface area contributed by atoms with E-state index in [4.69, 9.17) is 10.2 Å². The third kappa shape index (κ3) is 7.08. The second-order valence-electron chi connectivity index (χ2n) is 7.05. The zero-order chi connectivity index (χ0) is 21.3. The van der Waals surface area contributed by atoms with Crippen LogP contribution in [0.2, 0.25) is 0 Å². The summed E-state index contributed by atoms with van der Waals surface area (Å²) in [4.78, 5) is 28.9. The number of unbranched alkanes of at least 4 members (excludes halogenated alkanes) is 1. The number of benzene rings is 1. The number of rotatable bonds is 7. The third-order valence-corrected chi connectivity index (χ3v) is 4.57. The molecule has 0 amide bonds. The smallest absolute Gasteiger partial charge is 0.331 e. The van der Waals surface area contributed by atoms with Gasteiger partial charge in [-0.25, -0.2) is 9.78 Å². The number of hydrogen-bond acceptors (Lipinski definition) is 4. The van der Waals surface area contributed by atoms with Gasteiger partial charge in [-0.3, -0.25) is 4.79 Å².